The van der Waals surface area contributed by atoms with Crippen molar-refractivity contribution in [3.63, 3.8) is 0 Å². The van der Waals surface area contributed by atoms with Gasteiger partial charge in [0.2, 0.25) is 0 Å². The number of benzene rings is 3. The zero-order valence-corrected chi connectivity index (χ0v) is 22.2. The molecule has 2 aliphatic rings. The third kappa shape index (κ3) is 6.24. The molecule has 0 saturated heterocycles. The Kier molecular flexibility index (Phi) is 8.06. The minimum Gasteiger partial charge on any atom is -0.399 e. The van der Waals surface area contributed by atoms with Crippen LogP contribution in [0.25, 0.3) is 17.7 Å². The average Bonchev–Trinajstić information content (AvgIpc) is 2.96. The Labute approximate surface area is 227 Å². The Balaban J connectivity index is 1.32. The molecule has 5 rings (SSSR count). The van der Waals surface area contributed by atoms with Crippen molar-refractivity contribution in [3.8, 4) is 0 Å². The number of nitrogens with zero attached hydrogens (tertiary/aromatic N) is 1. The third-order valence-electron chi connectivity index (χ3n) is 7.21. The second kappa shape index (κ2) is 12.0. The zero-order valence-electron chi connectivity index (χ0n) is 22.2. The lowest BCUT2D eigenvalue weighted by atomic mass is 9.94. The smallest absolute Gasteiger partial charge is 0.0459 e. The number of anilines is 2. The van der Waals surface area contributed by atoms with Crippen molar-refractivity contribution >= 4 is 29.1 Å². The lowest BCUT2D eigenvalue weighted by Gasteiger charge is -2.32. The second-order valence-corrected chi connectivity index (χ2v) is 10.1. The van der Waals surface area contributed by atoms with Crippen LogP contribution in [-0.4, -0.2) is 6.04 Å². The summed E-state index contributed by atoms with van der Waals surface area (Å²) >= 11 is 0. The molecule has 0 aliphatic heterocycles. The Bertz CT molecular complexity index is 1390. The lowest BCUT2D eigenvalue weighted by Crippen LogP contribution is -2.26. The van der Waals surface area contributed by atoms with E-state index in [-0.39, 0.29) is 6.04 Å². The summed E-state index contributed by atoms with van der Waals surface area (Å²) in [5, 5.41) is 0. The van der Waals surface area contributed by atoms with Crippen molar-refractivity contribution in [3.05, 3.63) is 137 Å². The molecule has 0 saturated carbocycles. The van der Waals surface area contributed by atoms with Crippen LogP contribution in [0.1, 0.15) is 54.9 Å². The highest BCUT2D eigenvalue weighted by Gasteiger charge is 2.20. The maximum atomic E-state index is 6.10. The minimum atomic E-state index is 0.0861. The van der Waals surface area contributed by atoms with Crippen LogP contribution in [0, 0.1) is 0 Å². The highest BCUT2D eigenvalue weighted by molar-refractivity contribution is 5.74. The van der Waals surface area contributed by atoms with Crippen LogP contribution >= 0.6 is 0 Å². The molecule has 0 bridgehead atoms. The van der Waals surface area contributed by atoms with Gasteiger partial charge in [-0.2, -0.15) is 0 Å². The molecular weight excluding hydrogens is 462 g/mol. The number of rotatable bonds is 8. The van der Waals surface area contributed by atoms with Crippen LogP contribution in [0.4, 0.5) is 11.4 Å². The van der Waals surface area contributed by atoms with E-state index in [2.05, 4.69) is 115 Å². The molecule has 3 nitrogen and oxygen atoms in total. The Hall–Kier alpha value is -4.08. The summed E-state index contributed by atoms with van der Waals surface area (Å²) in [5.74, 6) is 0. The largest absolute Gasteiger partial charge is 0.399 e. The summed E-state index contributed by atoms with van der Waals surface area (Å²) in [5.41, 5.74) is 22.9. The van der Waals surface area contributed by atoms with Crippen LogP contribution in [-0.2, 0) is 6.42 Å². The summed E-state index contributed by atoms with van der Waals surface area (Å²) in [6.45, 7) is 2.22. The van der Waals surface area contributed by atoms with Crippen LogP contribution in [0.5, 0.6) is 0 Å². The molecule has 0 radical (unpaired) electrons. The minimum absolute atomic E-state index is 0.0861. The number of hydrogen-bond donors (Lipinski definition) is 2. The van der Waals surface area contributed by atoms with Crippen LogP contribution in [0.15, 0.2) is 115 Å². The van der Waals surface area contributed by atoms with Gasteiger partial charge in [0.25, 0.3) is 0 Å². The Morgan fingerprint density at radius 3 is 2.11 bits per heavy atom. The first-order valence-corrected chi connectivity index (χ1v) is 13.7. The molecule has 3 heteroatoms. The lowest BCUT2D eigenvalue weighted by molar-refractivity contribution is 0.806. The van der Waals surface area contributed by atoms with Crippen molar-refractivity contribution in [2.24, 2.45) is 5.73 Å². The Morgan fingerprint density at radius 2 is 1.53 bits per heavy atom. The van der Waals surface area contributed by atoms with Gasteiger partial charge in [0.1, 0.15) is 0 Å². The van der Waals surface area contributed by atoms with E-state index in [9.17, 15) is 0 Å². The van der Waals surface area contributed by atoms with Gasteiger partial charge >= 0.3 is 0 Å². The molecule has 38 heavy (non-hydrogen) atoms. The summed E-state index contributed by atoms with van der Waals surface area (Å²) < 4.78 is 0. The predicted octanol–water partition coefficient (Wildman–Crippen LogP) is 8.13. The van der Waals surface area contributed by atoms with Gasteiger partial charge in [-0.15, -0.1) is 0 Å². The van der Waals surface area contributed by atoms with Crippen LogP contribution < -0.4 is 16.4 Å². The number of hydrogen-bond acceptors (Lipinski definition) is 3. The Morgan fingerprint density at radius 1 is 0.842 bits per heavy atom. The zero-order chi connectivity index (χ0) is 26.3. The topological polar surface area (TPSA) is 55.3 Å². The highest BCUT2D eigenvalue weighted by atomic mass is 15.2. The van der Waals surface area contributed by atoms with Gasteiger partial charge < -0.3 is 16.4 Å². The third-order valence-corrected chi connectivity index (χ3v) is 7.21. The number of aryl methyl sites for hydroxylation is 1. The SMILES string of the molecule is CCCc1ccc(C=Cc2ccc(C3=CC=C(N(C4=CCC(N)C=C4)c4ccc(N)cc4)CC3)cc2)cc1. The first-order valence-electron chi connectivity index (χ1n) is 13.7. The van der Waals surface area contributed by atoms with E-state index in [0.29, 0.717) is 0 Å². The molecule has 2 aliphatic carbocycles. The summed E-state index contributed by atoms with van der Waals surface area (Å²) in [4.78, 5) is 2.33. The molecule has 192 valence electrons. The van der Waals surface area contributed by atoms with Gasteiger partial charge in [-0.05, 0) is 89.9 Å². The molecule has 3 aromatic carbocycles. The maximum absolute atomic E-state index is 6.10. The molecule has 0 spiro atoms. The molecule has 1 unspecified atom stereocenters. The monoisotopic (exact) mass is 499 g/mol. The molecule has 1 atom stereocenters. The fraction of sp³-hybridized carbons (Fsp3) is 0.200. The van der Waals surface area contributed by atoms with E-state index in [1.807, 2.05) is 12.1 Å². The van der Waals surface area contributed by atoms with Gasteiger partial charge in [0.15, 0.2) is 0 Å². The van der Waals surface area contributed by atoms with E-state index >= 15 is 0 Å². The highest BCUT2D eigenvalue weighted by Crippen LogP contribution is 2.35. The molecule has 0 heterocycles. The van der Waals surface area contributed by atoms with E-state index in [4.69, 9.17) is 11.5 Å². The van der Waals surface area contributed by atoms with Gasteiger partial charge in [-0.25, -0.2) is 0 Å². The summed E-state index contributed by atoms with van der Waals surface area (Å²) in [6, 6.07) is 25.9. The van der Waals surface area contributed by atoms with Crippen molar-refractivity contribution in [1.29, 1.82) is 0 Å². The van der Waals surface area contributed by atoms with Crippen LogP contribution in [0.2, 0.25) is 0 Å². The van der Waals surface area contributed by atoms with E-state index in [0.717, 1.165) is 42.8 Å². The van der Waals surface area contributed by atoms with Crippen molar-refractivity contribution in [1.82, 2.24) is 0 Å². The van der Waals surface area contributed by atoms with Gasteiger partial charge in [-0.1, -0.05) is 92.3 Å². The fourth-order valence-electron chi connectivity index (χ4n) is 5.03. The van der Waals surface area contributed by atoms with Gasteiger partial charge in [-0.3, -0.25) is 0 Å². The van der Waals surface area contributed by atoms with Gasteiger partial charge in [0.05, 0.1) is 0 Å². The van der Waals surface area contributed by atoms with E-state index < -0.39 is 0 Å². The maximum Gasteiger partial charge on any atom is 0.0459 e. The second-order valence-electron chi connectivity index (χ2n) is 10.1. The van der Waals surface area contributed by atoms with Crippen molar-refractivity contribution in [2.75, 3.05) is 10.6 Å². The van der Waals surface area contributed by atoms with Crippen molar-refractivity contribution < 1.29 is 0 Å². The normalized spacial score (nSPS) is 17.2. The molecule has 0 fully saturated rings. The molecule has 4 N–H and O–H groups in total. The molecular formula is C35H37N3. The van der Waals surface area contributed by atoms with E-state index in [1.54, 1.807) is 0 Å². The van der Waals surface area contributed by atoms with Gasteiger partial charge in [0, 0.05) is 28.8 Å². The molecule has 3 aromatic rings. The van der Waals surface area contributed by atoms with Crippen molar-refractivity contribution in [2.45, 2.75) is 45.1 Å². The standard InChI is InChI=1S/C35H37N3/c1-2-3-26-4-6-27(7-5-26)8-9-28-10-12-29(13-11-28)30-14-20-33(21-15-30)38(34-22-16-31(36)17-23-34)35-24-18-32(37)19-25-35/h4-14,16-18,20,22-25,32H,2-3,15,19,21,36-37H2,1H3. The predicted molar refractivity (Wildman–Crippen MR) is 164 cm³/mol. The number of nitrogens with two attached hydrogens (primary N) is 2. The summed E-state index contributed by atoms with van der Waals surface area (Å²) in [6.07, 6.45) is 20.5. The quantitative estimate of drug-likeness (QED) is 0.243. The average molecular weight is 500 g/mol. The number of nitrogen functional groups attached to an aromatic ring is 1. The first kappa shape index (κ1) is 25.6. The number of allylic oxidation sites excluding steroid dienone is 5. The van der Waals surface area contributed by atoms with E-state index in [1.165, 1.54) is 39.9 Å². The molecule has 0 aromatic heterocycles. The van der Waals surface area contributed by atoms with Crippen LogP contribution in [0.3, 0.4) is 0 Å². The summed E-state index contributed by atoms with van der Waals surface area (Å²) in [7, 11) is 0. The fourth-order valence-corrected chi connectivity index (χ4v) is 5.03. The molecule has 0 amide bonds. The first-order chi connectivity index (χ1) is 18.6.